The maximum atomic E-state index is 13.8. The van der Waals surface area contributed by atoms with Crippen LogP contribution in [0.25, 0.3) is 22.1 Å². The van der Waals surface area contributed by atoms with E-state index in [1.54, 1.807) is 24.3 Å². The van der Waals surface area contributed by atoms with E-state index in [2.05, 4.69) is 0 Å². The van der Waals surface area contributed by atoms with Gasteiger partial charge < -0.3 is 9.15 Å². The van der Waals surface area contributed by atoms with E-state index in [4.69, 9.17) is 20.8 Å². The molecule has 4 aromatic carbocycles. The summed E-state index contributed by atoms with van der Waals surface area (Å²) in [6.07, 6.45) is 0.340. The molecule has 5 heteroatoms. The van der Waals surface area contributed by atoms with Crippen molar-refractivity contribution in [2.75, 3.05) is 7.11 Å². The first-order chi connectivity index (χ1) is 17.0. The quantitative estimate of drug-likeness (QED) is 0.188. The van der Waals surface area contributed by atoms with Gasteiger partial charge >= 0.3 is 5.97 Å². The Hall–Kier alpha value is -4.15. The van der Waals surface area contributed by atoms with Crippen molar-refractivity contribution in [2.24, 2.45) is 0 Å². The summed E-state index contributed by atoms with van der Waals surface area (Å²) in [5, 5.41) is 2.57. The van der Waals surface area contributed by atoms with E-state index in [1.165, 1.54) is 7.11 Å². The number of hydrogen-bond acceptors (Lipinski definition) is 4. The molecule has 5 rings (SSSR count). The Labute approximate surface area is 207 Å². The summed E-state index contributed by atoms with van der Waals surface area (Å²) in [6.45, 7) is 0. The molecule has 0 aliphatic rings. The lowest BCUT2D eigenvalue weighted by atomic mass is 9.94. The van der Waals surface area contributed by atoms with E-state index in [1.807, 2.05) is 72.8 Å². The number of fused-ring (bicyclic) bond motifs is 1. The van der Waals surface area contributed by atoms with Gasteiger partial charge in [-0.05, 0) is 46.7 Å². The molecule has 0 aliphatic carbocycles. The maximum absolute atomic E-state index is 13.8. The van der Waals surface area contributed by atoms with E-state index < -0.39 is 5.97 Å². The number of ether oxygens (including phenoxy) is 1. The number of carbonyl (C=O) groups is 2. The molecule has 0 saturated heterocycles. The van der Waals surface area contributed by atoms with Gasteiger partial charge in [0, 0.05) is 22.6 Å². The standard InChI is InChI=1S/C30H21ClO4/c1-34-30(33)27-26(28(32)21-13-15-24(31)16-14-21)25(17-19-7-3-2-4-8-19)35-29(27)23-12-11-20-9-5-6-10-22(20)18-23/h2-16,18H,17H2,1H3. The highest BCUT2D eigenvalue weighted by atomic mass is 35.5. The molecule has 35 heavy (non-hydrogen) atoms. The Bertz CT molecular complexity index is 1530. The highest BCUT2D eigenvalue weighted by Crippen LogP contribution is 2.36. The van der Waals surface area contributed by atoms with Crippen molar-refractivity contribution in [3.05, 3.63) is 130 Å². The number of esters is 1. The zero-order valence-electron chi connectivity index (χ0n) is 19.0. The van der Waals surface area contributed by atoms with Crippen molar-refractivity contribution in [1.82, 2.24) is 0 Å². The first-order valence-electron chi connectivity index (χ1n) is 11.1. The molecule has 0 radical (unpaired) electrons. The van der Waals surface area contributed by atoms with E-state index in [0.717, 1.165) is 16.3 Å². The zero-order valence-corrected chi connectivity index (χ0v) is 19.7. The first kappa shape index (κ1) is 22.6. The number of methoxy groups -OCH3 is 1. The molecule has 1 aromatic heterocycles. The molecule has 1 heterocycles. The molecule has 0 unspecified atom stereocenters. The molecule has 0 atom stereocenters. The fourth-order valence-electron chi connectivity index (χ4n) is 4.20. The summed E-state index contributed by atoms with van der Waals surface area (Å²) in [7, 11) is 1.30. The minimum Gasteiger partial charge on any atom is -0.465 e. The zero-order chi connectivity index (χ0) is 24.4. The number of benzene rings is 4. The average molecular weight is 481 g/mol. The van der Waals surface area contributed by atoms with Gasteiger partial charge in [-0.2, -0.15) is 0 Å². The molecule has 5 aromatic rings. The SMILES string of the molecule is COC(=O)c1c(-c2ccc3ccccc3c2)oc(Cc2ccccc2)c1C(=O)c1ccc(Cl)cc1. The molecule has 0 N–H and O–H groups in total. The topological polar surface area (TPSA) is 56.5 Å². The smallest absolute Gasteiger partial charge is 0.342 e. The largest absolute Gasteiger partial charge is 0.465 e. The predicted octanol–water partition coefficient (Wildman–Crippen LogP) is 7.36. The molecule has 172 valence electrons. The molecule has 0 bridgehead atoms. The third kappa shape index (κ3) is 4.48. The molecular weight excluding hydrogens is 460 g/mol. The number of rotatable bonds is 6. The van der Waals surface area contributed by atoms with Crippen LogP contribution in [0.5, 0.6) is 0 Å². The van der Waals surface area contributed by atoms with E-state index in [0.29, 0.717) is 34.1 Å². The Morgan fingerprint density at radius 3 is 2.20 bits per heavy atom. The Morgan fingerprint density at radius 1 is 0.800 bits per heavy atom. The normalized spacial score (nSPS) is 10.9. The van der Waals surface area contributed by atoms with Crippen LogP contribution >= 0.6 is 11.6 Å². The van der Waals surface area contributed by atoms with Gasteiger partial charge in [0.1, 0.15) is 17.1 Å². The Balaban J connectivity index is 1.74. The highest BCUT2D eigenvalue weighted by Gasteiger charge is 2.32. The van der Waals surface area contributed by atoms with Crippen LogP contribution in [-0.2, 0) is 11.2 Å². The van der Waals surface area contributed by atoms with Gasteiger partial charge in [0.05, 0.1) is 12.7 Å². The summed E-state index contributed by atoms with van der Waals surface area (Å²) in [4.78, 5) is 26.8. The minimum absolute atomic E-state index is 0.119. The minimum atomic E-state index is -0.631. The van der Waals surface area contributed by atoms with Crippen LogP contribution in [0.15, 0.2) is 101 Å². The fraction of sp³-hybridized carbons (Fsp3) is 0.0667. The molecule has 0 aliphatic heterocycles. The number of carbonyl (C=O) groups excluding carboxylic acids is 2. The highest BCUT2D eigenvalue weighted by molar-refractivity contribution is 6.30. The lowest BCUT2D eigenvalue weighted by Gasteiger charge is -2.06. The van der Waals surface area contributed by atoms with Crippen LogP contribution in [0.1, 0.15) is 37.6 Å². The van der Waals surface area contributed by atoms with Crippen molar-refractivity contribution in [1.29, 1.82) is 0 Å². The van der Waals surface area contributed by atoms with E-state index >= 15 is 0 Å². The van der Waals surface area contributed by atoms with Crippen molar-refractivity contribution in [2.45, 2.75) is 6.42 Å². The average Bonchev–Trinajstić information content (AvgIpc) is 3.27. The van der Waals surface area contributed by atoms with Crippen molar-refractivity contribution >= 4 is 34.1 Å². The Kier molecular flexibility index (Phi) is 6.21. The molecular formula is C30H21ClO4. The number of halogens is 1. The lowest BCUT2D eigenvalue weighted by molar-refractivity contribution is 0.0598. The van der Waals surface area contributed by atoms with Gasteiger partial charge in [0.25, 0.3) is 0 Å². The van der Waals surface area contributed by atoms with E-state index in [-0.39, 0.29) is 16.9 Å². The van der Waals surface area contributed by atoms with Gasteiger partial charge in [0.2, 0.25) is 0 Å². The summed E-state index contributed by atoms with van der Waals surface area (Å²) < 4.78 is 11.4. The molecule has 0 spiro atoms. The molecule has 0 amide bonds. The van der Waals surface area contributed by atoms with Gasteiger partial charge in [-0.15, -0.1) is 0 Å². The Morgan fingerprint density at radius 2 is 1.49 bits per heavy atom. The first-order valence-corrected chi connectivity index (χ1v) is 11.5. The summed E-state index contributed by atoms with van der Waals surface area (Å²) in [5.41, 5.74) is 2.36. The van der Waals surface area contributed by atoms with Gasteiger partial charge in [-0.25, -0.2) is 4.79 Å². The second-order valence-corrected chi connectivity index (χ2v) is 8.59. The van der Waals surface area contributed by atoms with Crippen molar-refractivity contribution in [3.8, 4) is 11.3 Å². The van der Waals surface area contributed by atoms with Gasteiger partial charge in [-0.1, -0.05) is 78.3 Å². The van der Waals surface area contributed by atoms with Crippen LogP contribution in [-0.4, -0.2) is 18.9 Å². The second kappa shape index (κ2) is 9.61. The van der Waals surface area contributed by atoms with Crippen LogP contribution in [0, 0.1) is 0 Å². The fourth-order valence-corrected chi connectivity index (χ4v) is 4.33. The maximum Gasteiger partial charge on any atom is 0.342 e. The molecule has 0 saturated carbocycles. The molecule has 0 fully saturated rings. The van der Waals surface area contributed by atoms with Crippen LogP contribution in [0.2, 0.25) is 5.02 Å². The van der Waals surface area contributed by atoms with Crippen LogP contribution < -0.4 is 0 Å². The van der Waals surface area contributed by atoms with Gasteiger partial charge in [0.15, 0.2) is 5.78 Å². The predicted molar refractivity (Wildman–Crippen MR) is 137 cm³/mol. The third-order valence-electron chi connectivity index (χ3n) is 5.92. The summed E-state index contributed by atoms with van der Waals surface area (Å²) in [6, 6.07) is 30.0. The van der Waals surface area contributed by atoms with E-state index in [9.17, 15) is 9.59 Å². The number of furan rings is 1. The molecule has 4 nitrogen and oxygen atoms in total. The lowest BCUT2D eigenvalue weighted by Crippen LogP contribution is -2.12. The van der Waals surface area contributed by atoms with Crippen LogP contribution in [0.3, 0.4) is 0 Å². The monoisotopic (exact) mass is 480 g/mol. The summed E-state index contributed by atoms with van der Waals surface area (Å²) >= 11 is 6.03. The second-order valence-electron chi connectivity index (χ2n) is 8.16. The number of hydrogen-bond donors (Lipinski definition) is 0. The van der Waals surface area contributed by atoms with Crippen molar-refractivity contribution < 1.29 is 18.7 Å². The van der Waals surface area contributed by atoms with Crippen molar-refractivity contribution in [3.63, 3.8) is 0 Å². The van der Waals surface area contributed by atoms with Gasteiger partial charge in [-0.3, -0.25) is 4.79 Å². The number of ketones is 1. The third-order valence-corrected chi connectivity index (χ3v) is 6.18. The van der Waals surface area contributed by atoms with Crippen LogP contribution in [0.4, 0.5) is 0 Å². The summed E-state index contributed by atoms with van der Waals surface area (Å²) in [5.74, 6) is -0.247.